The van der Waals surface area contributed by atoms with Crippen LogP contribution in [0.15, 0.2) is 50.6 Å². The predicted molar refractivity (Wildman–Crippen MR) is 130 cm³/mol. The molecule has 1 atom stereocenters. The first-order chi connectivity index (χ1) is 14.4. The number of furan rings is 2. The van der Waals surface area contributed by atoms with Crippen molar-refractivity contribution in [3.8, 4) is 0 Å². The van der Waals surface area contributed by atoms with Crippen molar-refractivity contribution >= 4 is 29.9 Å². The second kappa shape index (κ2) is 14.5. The maximum atomic E-state index is 5.72. The van der Waals surface area contributed by atoms with Crippen LogP contribution in [0.4, 0.5) is 0 Å². The molecule has 2 aromatic rings. The summed E-state index contributed by atoms with van der Waals surface area (Å²) in [6.45, 7) is 7.98. The first-order valence-electron chi connectivity index (χ1n) is 10.8. The summed E-state index contributed by atoms with van der Waals surface area (Å²) in [7, 11) is 0. The van der Waals surface area contributed by atoms with Crippen LogP contribution in [-0.4, -0.2) is 56.8 Å². The number of nitrogens with zero attached hydrogens (tertiary/aromatic N) is 2. The van der Waals surface area contributed by atoms with E-state index in [0.717, 1.165) is 69.7 Å². The second-order valence-electron chi connectivity index (χ2n) is 7.20. The van der Waals surface area contributed by atoms with Gasteiger partial charge in [-0.1, -0.05) is 0 Å². The molecule has 2 N–H and O–H groups in total. The van der Waals surface area contributed by atoms with Gasteiger partial charge in [0.25, 0.3) is 0 Å². The molecule has 2 aromatic heterocycles. The molecule has 3 heterocycles. The van der Waals surface area contributed by atoms with Gasteiger partial charge in [0.1, 0.15) is 11.5 Å². The molecule has 0 spiro atoms. The zero-order valence-corrected chi connectivity index (χ0v) is 20.2. The smallest absolute Gasteiger partial charge is 0.191 e. The molecular weight excluding hydrogens is 495 g/mol. The fraction of sp³-hybridized carbons (Fsp3) is 0.591. The van der Waals surface area contributed by atoms with Crippen LogP contribution < -0.4 is 10.6 Å². The van der Waals surface area contributed by atoms with E-state index < -0.39 is 0 Å². The Hall–Kier alpha value is -1.52. The molecule has 1 aliphatic rings. The van der Waals surface area contributed by atoms with Gasteiger partial charge in [-0.05, 0) is 63.5 Å². The molecule has 0 aliphatic carbocycles. The average molecular weight is 530 g/mol. The molecule has 7 nitrogen and oxygen atoms in total. The normalized spacial score (nSPS) is 15.7. The quantitative estimate of drug-likeness (QED) is 0.188. The summed E-state index contributed by atoms with van der Waals surface area (Å²) < 4.78 is 16.6. The number of ether oxygens (including phenoxy) is 1. The van der Waals surface area contributed by atoms with Crippen LogP contribution >= 0.6 is 24.0 Å². The monoisotopic (exact) mass is 530 g/mol. The molecule has 0 aromatic carbocycles. The van der Waals surface area contributed by atoms with Gasteiger partial charge in [0.05, 0.1) is 25.1 Å². The predicted octanol–water partition coefficient (Wildman–Crippen LogP) is 3.83. The van der Waals surface area contributed by atoms with Crippen LogP contribution in [0.25, 0.3) is 0 Å². The number of likely N-dealkylation sites (tertiary alicyclic amines) is 1. The molecule has 1 aliphatic heterocycles. The van der Waals surface area contributed by atoms with E-state index in [-0.39, 0.29) is 30.0 Å². The molecular formula is C22H35IN4O3. The van der Waals surface area contributed by atoms with Gasteiger partial charge >= 0.3 is 0 Å². The van der Waals surface area contributed by atoms with E-state index in [2.05, 4.69) is 21.6 Å². The first-order valence-corrected chi connectivity index (χ1v) is 10.8. The van der Waals surface area contributed by atoms with Crippen LogP contribution in [0.2, 0.25) is 0 Å². The maximum Gasteiger partial charge on any atom is 0.191 e. The summed E-state index contributed by atoms with van der Waals surface area (Å²) in [5, 5.41) is 6.86. The van der Waals surface area contributed by atoms with Crippen molar-refractivity contribution in [1.29, 1.82) is 0 Å². The summed E-state index contributed by atoms with van der Waals surface area (Å²) in [6, 6.07) is 8.10. The Labute approximate surface area is 196 Å². The zero-order valence-electron chi connectivity index (χ0n) is 17.8. The van der Waals surface area contributed by atoms with E-state index in [9.17, 15) is 0 Å². The third kappa shape index (κ3) is 8.31. The minimum Gasteiger partial charge on any atom is -0.469 e. The van der Waals surface area contributed by atoms with E-state index in [1.807, 2.05) is 25.1 Å². The van der Waals surface area contributed by atoms with E-state index in [1.54, 1.807) is 12.5 Å². The number of aliphatic imine (C=N–C) groups is 1. The molecule has 30 heavy (non-hydrogen) atoms. The molecule has 1 saturated heterocycles. The van der Waals surface area contributed by atoms with Crippen LogP contribution in [0.3, 0.4) is 0 Å². The molecule has 168 valence electrons. The topological polar surface area (TPSA) is 75.2 Å². The van der Waals surface area contributed by atoms with Crippen LogP contribution in [0, 0.1) is 0 Å². The maximum absolute atomic E-state index is 5.72. The van der Waals surface area contributed by atoms with Crippen molar-refractivity contribution in [1.82, 2.24) is 15.5 Å². The SMILES string of the molecule is CCOCCCNC(=NCC(c1ccco1)N1CCCC1)NCCc1ccco1.I. The van der Waals surface area contributed by atoms with E-state index in [0.29, 0.717) is 6.54 Å². The number of hydrogen-bond donors (Lipinski definition) is 2. The minimum absolute atomic E-state index is 0. The van der Waals surface area contributed by atoms with Gasteiger partial charge in [-0.15, -0.1) is 24.0 Å². The Morgan fingerprint density at radius 1 is 1.13 bits per heavy atom. The lowest BCUT2D eigenvalue weighted by molar-refractivity contribution is 0.145. The molecule has 0 radical (unpaired) electrons. The van der Waals surface area contributed by atoms with Crippen molar-refractivity contribution in [2.75, 3.05) is 45.9 Å². The average Bonchev–Trinajstić information content (AvgIpc) is 3.50. The standard InChI is InChI=1S/C22H34N4O3.HI/c1-2-27-15-7-11-23-22(24-12-10-19-8-5-16-28-19)25-18-20(21-9-6-17-29-21)26-13-3-4-14-26;/h5-6,8-9,16-17,20H,2-4,7,10-15,18H2,1H3,(H2,23,24,25);1H. The van der Waals surface area contributed by atoms with E-state index in [1.165, 1.54) is 12.8 Å². The van der Waals surface area contributed by atoms with Crippen molar-refractivity contribution < 1.29 is 13.6 Å². The Morgan fingerprint density at radius 3 is 2.60 bits per heavy atom. The van der Waals surface area contributed by atoms with Gasteiger partial charge in [-0.25, -0.2) is 0 Å². The minimum atomic E-state index is 0. The highest BCUT2D eigenvalue weighted by Gasteiger charge is 2.25. The van der Waals surface area contributed by atoms with Gasteiger partial charge in [0, 0.05) is 32.7 Å². The molecule has 0 bridgehead atoms. The van der Waals surface area contributed by atoms with Gasteiger partial charge < -0.3 is 24.2 Å². The largest absolute Gasteiger partial charge is 0.469 e. The number of guanidine groups is 1. The molecule has 1 fully saturated rings. The summed E-state index contributed by atoms with van der Waals surface area (Å²) in [6.07, 6.45) is 7.70. The van der Waals surface area contributed by atoms with Gasteiger partial charge in [0.2, 0.25) is 0 Å². The lowest BCUT2D eigenvalue weighted by atomic mass is 10.2. The molecule has 8 heteroatoms. The van der Waals surface area contributed by atoms with E-state index >= 15 is 0 Å². The van der Waals surface area contributed by atoms with Crippen LogP contribution in [0.1, 0.15) is 43.7 Å². The molecule has 0 saturated carbocycles. The third-order valence-electron chi connectivity index (χ3n) is 5.08. The number of nitrogens with one attached hydrogen (secondary N) is 2. The highest BCUT2D eigenvalue weighted by molar-refractivity contribution is 14.0. The van der Waals surface area contributed by atoms with Gasteiger partial charge in [-0.2, -0.15) is 0 Å². The van der Waals surface area contributed by atoms with Gasteiger partial charge in [-0.3, -0.25) is 9.89 Å². The van der Waals surface area contributed by atoms with Crippen LogP contribution in [-0.2, 0) is 11.2 Å². The lowest BCUT2D eigenvalue weighted by Gasteiger charge is -2.24. The molecule has 1 unspecified atom stereocenters. The molecule has 0 amide bonds. The highest BCUT2D eigenvalue weighted by Crippen LogP contribution is 2.25. The Balaban J connectivity index is 0.00000320. The number of rotatable bonds is 12. The summed E-state index contributed by atoms with van der Waals surface area (Å²) in [5.41, 5.74) is 0. The van der Waals surface area contributed by atoms with Gasteiger partial charge in [0.15, 0.2) is 5.96 Å². The van der Waals surface area contributed by atoms with Crippen molar-refractivity contribution in [3.05, 3.63) is 48.3 Å². The van der Waals surface area contributed by atoms with E-state index in [4.69, 9.17) is 18.6 Å². The third-order valence-corrected chi connectivity index (χ3v) is 5.08. The Morgan fingerprint density at radius 2 is 1.90 bits per heavy atom. The lowest BCUT2D eigenvalue weighted by Crippen LogP contribution is -2.40. The highest BCUT2D eigenvalue weighted by atomic mass is 127. The molecule has 3 rings (SSSR count). The number of halogens is 1. The van der Waals surface area contributed by atoms with Crippen LogP contribution in [0.5, 0.6) is 0 Å². The summed E-state index contributed by atoms with van der Waals surface area (Å²) in [5.74, 6) is 2.78. The van der Waals surface area contributed by atoms with Crippen molar-refractivity contribution in [3.63, 3.8) is 0 Å². The number of hydrogen-bond acceptors (Lipinski definition) is 5. The summed E-state index contributed by atoms with van der Waals surface area (Å²) in [4.78, 5) is 7.35. The zero-order chi connectivity index (χ0) is 20.2. The van der Waals surface area contributed by atoms with Crippen molar-refractivity contribution in [2.45, 2.75) is 38.6 Å². The second-order valence-corrected chi connectivity index (χ2v) is 7.20. The summed E-state index contributed by atoms with van der Waals surface area (Å²) >= 11 is 0. The first kappa shape index (κ1) is 24.7. The fourth-order valence-electron chi connectivity index (χ4n) is 3.56. The Bertz CT molecular complexity index is 685. The van der Waals surface area contributed by atoms with Crippen molar-refractivity contribution in [2.24, 2.45) is 4.99 Å². The fourth-order valence-corrected chi connectivity index (χ4v) is 3.56. The Kier molecular flexibility index (Phi) is 11.9.